The Hall–Kier alpha value is -0.0800. The van der Waals surface area contributed by atoms with Crippen LogP contribution in [0.4, 0.5) is 0 Å². The van der Waals surface area contributed by atoms with Crippen LogP contribution in [0.1, 0.15) is 51.9 Å². The lowest BCUT2D eigenvalue weighted by Gasteiger charge is -2.34. The highest BCUT2D eigenvalue weighted by molar-refractivity contribution is 4.77. The quantitative estimate of drug-likeness (QED) is 0.810. The molecule has 0 unspecified atom stereocenters. The molecule has 17 heavy (non-hydrogen) atoms. The second kappa shape index (κ2) is 6.75. The van der Waals surface area contributed by atoms with Crippen LogP contribution in [0.2, 0.25) is 0 Å². The zero-order valence-corrected chi connectivity index (χ0v) is 11.8. The molecular formula is C15H30N2. The molecule has 0 aromatic heterocycles. The predicted molar refractivity (Wildman–Crippen MR) is 74.3 cm³/mol. The molecule has 0 aromatic rings. The van der Waals surface area contributed by atoms with Gasteiger partial charge in [-0.25, -0.2) is 0 Å². The maximum atomic E-state index is 3.46. The zero-order chi connectivity index (χ0) is 12.1. The van der Waals surface area contributed by atoms with Gasteiger partial charge in [0, 0.05) is 6.04 Å². The standard InChI is InChI=1S/C15H30N2/c1-13-3-5-15(6-4-13)17(2)12-9-14-7-10-16-11-8-14/h13-16H,3-12H2,1-2H3. The Bertz CT molecular complexity index is 203. The van der Waals surface area contributed by atoms with Crippen molar-refractivity contribution in [1.82, 2.24) is 10.2 Å². The molecule has 1 saturated heterocycles. The van der Waals surface area contributed by atoms with E-state index in [-0.39, 0.29) is 0 Å². The van der Waals surface area contributed by atoms with Gasteiger partial charge in [0.05, 0.1) is 0 Å². The third-order valence-electron chi connectivity index (χ3n) is 4.96. The number of nitrogens with one attached hydrogen (secondary N) is 1. The van der Waals surface area contributed by atoms with Gasteiger partial charge in [-0.2, -0.15) is 0 Å². The Morgan fingerprint density at radius 2 is 1.65 bits per heavy atom. The van der Waals surface area contributed by atoms with E-state index in [1.807, 2.05) is 0 Å². The largest absolute Gasteiger partial charge is 0.317 e. The van der Waals surface area contributed by atoms with Crippen molar-refractivity contribution in [3.8, 4) is 0 Å². The van der Waals surface area contributed by atoms with Crippen LogP contribution in [-0.2, 0) is 0 Å². The van der Waals surface area contributed by atoms with Gasteiger partial charge in [-0.1, -0.05) is 6.92 Å². The normalized spacial score (nSPS) is 31.9. The smallest absolute Gasteiger partial charge is 0.00924 e. The van der Waals surface area contributed by atoms with E-state index in [2.05, 4.69) is 24.2 Å². The van der Waals surface area contributed by atoms with E-state index in [1.165, 1.54) is 64.6 Å². The first kappa shape index (κ1) is 13.4. The van der Waals surface area contributed by atoms with Gasteiger partial charge in [-0.15, -0.1) is 0 Å². The molecule has 0 radical (unpaired) electrons. The lowest BCUT2D eigenvalue weighted by molar-refractivity contribution is 0.157. The van der Waals surface area contributed by atoms with Gasteiger partial charge >= 0.3 is 0 Å². The van der Waals surface area contributed by atoms with E-state index in [0.29, 0.717) is 0 Å². The first-order chi connectivity index (χ1) is 8.25. The van der Waals surface area contributed by atoms with Gasteiger partial charge in [0.15, 0.2) is 0 Å². The van der Waals surface area contributed by atoms with E-state index >= 15 is 0 Å². The van der Waals surface area contributed by atoms with E-state index in [9.17, 15) is 0 Å². The Balaban J connectivity index is 1.64. The molecule has 1 aliphatic carbocycles. The lowest BCUT2D eigenvalue weighted by atomic mass is 9.86. The van der Waals surface area contributed by atoms with Gasteiger partial charge in [-0.05, 0) is 83.5 Å². The van der Waals surface area contributed by atoms with Gasteiger partial charge in [0.1, 0.15) is 0 Å². The van der Waals surface area contributed by atoms with Crippen LogP contribution in [0.5, 0.6) is 0 Å². The van der Waals surface area contributed by atoms with Crippen LogP contribution < -0.4 is 5.32 Å². The fraction of sp³-hybridized carbons (Fsp3) is 1.00. The summed E-state index contributed by atoms with van der Waals surface area (Å²) < 4.78 is 0. The van der Waals surface area contributed by atoms with Crippen LogP contribution >= 0.6 is 0 Å². The van der Waals surface area contributed by atoms with Crippen molar-refractivity contribution in [3.63, 3.8) is 0 Å². The first-order valence-electron chi connectivity index (χ1n) is 7.66. The second-order valence-corrected chi connectivity index (χ2v) is 6.38. The third-order valence-corrected chi connectivity index (χ3v) is 4.96. The van der Waals surface area contributed by atoms with E-state index in [1.54, 1.807) is 0 Å². The summed E-state index contributed by atoms with van der Waals surface area (Å²) in [6.45, 7) is 6.22. The predicted octanol–water partition coefficient (Wildman–Crippen LogP) is 2.89. The lowest BCUT2D eigenvalue weighted by Crippen LogP contribution is -2.37. The fourth-order valence-electron chi connectivity index (χ4n) is 3.42. The van der Waals surface area contributed by atoms with E-state index in [4.69, 9.17) is 0 Å². The summed E-state index contributed by atoms with van der Waals surface area (Å²) >= 11 is 0. The summed E-state index contributed by atoms with van der Waals surface area (Å²) in [5.74, 6) is 1.96. The van der Waals surface area contributed by atoms with Crippen molar-refractivity contribution in [2.45, 2.75) is 57.9 Å². The summed E-state index contributed by atoms with van der Waals surface area (Å²) in [5.41, 5.74) is 0. The van der Waals surface area contributed by atoms with E-state index < -0.39 is 0 Å². The molecule has 0 atom stereocenters. The Morgan fingerprint density at radius 1 is 1.00 bits per heavy atom. The van der Waals surface area contributed by atoms with Gasteiger partial charge in [0.25, 0.3) is 0 Å². The van der Waals surface area contributed by atoms with Crippen molar-refractivity contribution in [2.75, 3.05) is 26.7 Å². The first-order valence-corrected chi connectivity index (χ1v) is 7.66. The summed E-state index contributed by atoms with van der Waals surface area (Å²) in [5, 5.41) is 3.46. The summed E-state index contributed by atoms with van der Waals surface area (Å²) in [6, 6.07) is 0.882. The maximum absolute atomic E-state index is 3.46. The Kier molecular flexibility index (Phi) is 5.30. The number of hydrogen-bond donors (Lipinski definition) is 1. The number of piperidine rings is 1. The van der Waals surface area contributed by atoms with Gasteiger partial charge in [-0.3, -0.25) is 0 Å². The Labute approximate surface area is 107 Å². The number of nitrogens with zero attached hydrogens (tertiary/aromatic N) is 1. The van der Waals surface area contributed by atoms with Crippen LogP contribution in [0.3, 0.4) is 0 Å². The van der Waals surface area contributed by atoms with Crippen molar-refractivity contribution in [3.05, 3.63) is 0 Å². The summed E-state index contributed by atoms with van der Waals surface area (Å²) in [6.07, 6.45) is 9.98. The summed E-state index contributed by atoms with van der Waals surface area (Å²) in [7, 11) is 2.35. The average molecular weight is 238 g/mol. The molecule has 2 heteroatoms. The highest BCUT2D eigenvalue weighted by Gasteiger charge is 2.22. The minimum atomic E-state index is 0.882. The molecule has 0 bridgehead atoms. The molecule has 1 N–H and O–H groups in total. The SMILES string of the molecule is CC1CCC(N(C)CCC2CCNCC2)CC1. The van der Waals surface area contributed by atoms with Gasteiger partial charge < -0.3 is 10.2 Å². The molecule has 2 aliphatic rings. The van der Waals surface area contributed by atoms with Crippen molar-refractivity contribution in [2.24, 2.45) is 11.8 Å². The molecule has 2 fully saturated rings. The van der Waals surface area contributed by atoms with Crippen LogP contribution in [0.25, 0.3) is 0 Å². The molecule has 2 rings (SSSR count). The monoisotopic (exact) mass is 238 g/mol. The molecule has 1 saturated carbocycles. The third kappa shape index (κ3) is 4.26. The molecule has 1 aliphatic heterocycles. The van der Waals surface area contributed by atoms with Crippen LogP contribution in [0.15, 0.2) is 0 Å². The Morgan fingerprint density at radius 3 is 2.29 bits per heavy atom. The highest BCUT2D eigenvalue weighted by atomic mass is 15.1. The van der Waals surface area contributed by atoms with Crippen molar-refractivity contribution >= 4 is 0 Å². The summed E-state index contributed by atoms with van der Waals surface area (Å²) in [4.78, 5) is 2.65. The number of hydrogen-bond acceptors (Lipinski definition) is 2. The molecule has 0 amide bonds. The van der Waals surface area contributed by atoms with Crippen LogP contribution in [0, 0.1) is 11.8 Å². The minimum absolute atomic E-state index is 0.882. The molecule has 0 spiro atoms. The fourth-order valence-corrected chi connectivity index (χ4v) is 3.42. The molecular weight excluding hydrogens is 208 g/mol. The molecule has 2 nitrogen and oxygen atoms in total. The topological polar surface area (TPSA) is 15.3 Å². The van der Waals surface area contributed by atoms with Crippen LogP contribution in [-0.4, -0.2) is 37.6 Å². The second-order valence-electron chi connectivity index (χ2n) is 6.38. The average Bonchev–Trinajstić information content (AvgIpc) is 2.38. The number of rotatable bonds is 4. The minimum Gasteiger partial charge on any atom is -0.317 e. The van der Waals surface area contributed by atoms with Crippen molar-refractivity contribution in [1.29, 1.82) is 0 Å². The van der Waals surface area contributed by atoms with E-state index in [0.717, 1.165) is 17.9 Å². The van der Waals surface area contributed by atoms with Crippen molar-refractivity contribution < 1.29 is 0 Å². The zero-order valence-electron chi connectivity index (χ0n) is 11.8. The maximum Gasteiger partial charge on any atom is 0.00924 e. The molecule has 1 heterocycles. The highest BCUT2D eigenvalue weighted by Crippen LogP contribution is 2.27. The molecule has 0 aromatic carbocycles. The molecule has 100 valence electrons. The van der Waals surface area contributed by atoms with Gasteiger partial charge in [0.2, 0.25) is 0 Å².